The second-order valence-corrected chi connectivity index (χ2v) is 2.53. The topological polar surface area (TPSA) is 22.1 Å². The number of benzene rings is 1. The fourth-order valence-corrected chi connectivity index (χ4v) is 1.14. The molecule has 2 rings (SSSR count). The number of rotatable bonds is 1. The normalized spacial score (nSPS) is 10.1. The van der Waals surface area contributed by atoms with E-state index in [4.69, 9.17) is 4.74 Å². The van der Waals surface area contributed by atoms with E-state index >= 15 is 0 Å². The summed E-state index contributed by atoms with van der Waals surface area (Å²) in [7, 11) is 1.66. The van der Waals surface area contributed by atoms with E-state index < -0.39 is 0 Å². The molecule has 12 heavy (non-hydrogen) atoms. The van der Waals surface area contributed by atoms with Crippen molar-refractivity contribution in [2.45, 2.75) is 0 Å². The highest BCUT2D eigenvalue weighted by Crippen LogP contribution is 2.18. The highest BCUT2D eigenvalue weighted by atomic mass is 16.5. The van der Waals surface area contributed by atoms with Gasteiger partial charge in [0, 0.05) is 11.6 Å². The van der Waals surface area contributed by atoms with Crippen LogP contribution in [0.1, 0.15) is 0 Å². The Labute approximate surface area is 70.8 Å². The maximum Gasteiger partial charge on any atom is 0.119 e. The minimum atomic E-state index is 0.857. The van der Waals surface area contributed by atoms with E-state index in [2.05, 4.69) is 11.2 Å². The van der Waals surface area contributed by atoms with Gasteiger partial charge in [0.15, 0.2) is 0 Å². The fraction of sp³-hybridized carbons (Fsp3) is 0.100. The van der Waals surface area contributed by atoms with Crippen LogP contribution in [-0.4, -0.2) is 12.1 Å². The Balaban J connectivity index is 2.67. The molecule has 0 bridgehead atoms. The van der Waals surface area contributed by atoms with Gasteiger partial charge in [0.2, 0.25) is 0 Å². The summed E-state index contributed by atoms with van der Waals surface area (Å²) in [4.78, 5) is 3.91. The van der Waals surface area contributed by atoms with Crippen LogP contribution in [-0.2, 0) is 0 Å². The Morgan fingerprint density at radius 3 is 3.08 bits per heavy atom. The molecule has 0 unspecified atom stereocenters. The number of hydrogen-bond acceptors (Lipinski definition) is 2. The third kappa shape index (κ3) is 1.11. The average molecular weight is 158 g/mol. The predicted octanol–water partition coefficient (Wildman–Crippen LogP) is 2.04. The average Bonchev–Trinajstić information content (AvgIpc) is 2.17. The summed E-state index contributed by atoms with van der Waals surface area (Å²) in [5, 5.41) is 2.21. The molecule has 0 atom stereocenters. The first kappa shape index (κ1) is 7.10. The van der Waals surface area contributed by atoms with Crippen molar-refractivity contribution in [1.29, 1.82) is 0 Å². The maximum absolute atomic E-state index is 5.08. The lowest BCUT2D eigenvalue weighted by Gasteiger charge is -2.00. The van der Waals surface area contributed by atoms with Crippen LogP contribution in [0.25, 0.3) is 10.8 Å². The summed E-state index contributed by atoms with van der Waals surface area (Å²) < 4.78 is 5.08. The largest absolute Gasteiger partial charge is 0.497 e. The smallest absolute Gasteiger partial charge is 0.119 e. The third-order valence-electron chi connectivity index (χ3n) is 1.79. The number of pyridine rings is 1. The Bertz CT molecular complexity index is 398. The van der Waals surface area contributed by atoms with Gasteiger partial charge in [-0.15, -0.1) is 0 Å². The van der Waals surface area contributed by atoms with Crippen LogP contribution >= 0.6 is 0 Å². The van der Waals surface area contributed by atoms with Crippen LogP contribution in [0.2, 0.25) is 0 Å². The molecular weight excluding hydrogens is 150 g/mol. The van der Waals surface area contributed by atoms with Gasteiger partial charge in [-0.05, 0) is 23.6 Å². The van der Waals surface area contributed by atoms with Gasteiger partial charge in [-0.25, -0.2) is 0 Å². The molecule has 1 heterocycles. The van der Waals surface area contributed by atoms with Crippen LogP contribution in [0, 0.1) is 6.20 Å². The molecule has 0 amide bonds. The molecule has 0 saturated carbocycles. The van der Waals surface area contributed by atoms with Crippen molar-refractivity contribution in [2.24, 2.45) is 0 Å². The van der Waals surface area contributed by atoms with Gasteiger partial charge < -0.3 is 4.74 Å². The molecule has 0 N–H and O–H groups in total. The number of nitrogens with zero attached hydrogens (tertiary/aromatic N) is 1. The SMILES string of the molecule is COc1ccc2c[c]ncc2c1. The molecule has 1 aromatic carbocycles. The van der Waals surface area contributed by atoms with Gasteiger partial charge >= 0.3 is 0 Å². The zero-order valence-electron chi connectivity index (χ0n) is 6.74. The second-order valence-electron chi connectivity index (χ2n) is 2.53. The second kappa shape index (κ2) is 2.81. The van der Waals surface area contributed by atoms with Gasteiger partial charge in [-0.3, -0.25) is 4.98 Å². The number of methoxy groups -OCH3 is 1. The number of aromatic nitrogens is 1. The standard InChI is InChI=1S/C10H8NO/c1-12-10-3-2-8-4-5-11-7-9(8)6-10/h2-4,6-7H,1H3. The maximum atomic E-state index is 5.08. The van der Waals surface area contributed by atoms with Gasteiger partial charge in [0.05, 0.1) is 13.3 Å². The first-order chi connectivity index (χ1) is 5.90. The Hall–Kier alpha value is -1.57. The number of ether oxygens (including phenoxy) is 1. The van der Waals surface area contributed by atoms with E-state index in [-0.39, 0.29) is 0 Å². The van der Waals surface area contributed by atoms with Crippen LogP contribution in [0.15, 0.2) is 30.5 Å². The lowest BCUT2D eigenvalue weighted by molar-refractivity contribution is 0.415. The lowest BCUT2D eigenvalue weighted by Crippen LogP contribution is -1.82. The summed E-state index contributed by atoms with van der Waals surface area (Å²) in [5.41, 5.74) is 0. The highest BCUT2D eigenvalue weighted by molar-refractivity contribution is 5.82. The van der Waals surface area contributed by atoms with E-state index in [9.17, 15) is 0 Å². The minimum absolute atomic E-state index is 0.857. The van der Waals surface area contributed by atoms with Gasteiger partial charge in [0.25, 0.3) is 0 Å². The van der Waals surface area contributed by atoms with Crippen molar-refractivity contribution in [3.8, 4) is 5.75 Å². The predicted molar refractivity (Wildman–Crippen MR) is 47.1 cm³/mol. The molecule has 0 aliphatic rings. The van der Waals surface area contributed by atoms with E-state index in [1.807, 2.05) is 24.3 Å². The molecule has 1 aromatic heterocycles. The van der Waals surface area contributed by atoms with Crippen LogP contribution in [0.5, 0.6) is 5.75 Å². The molecule has 0 spiro atoms. The quantitative estimate of drug-likeness (QED) is 0.633. The molecule has 0 aliphatic heterocycles. The van der Waals surface area contributed by atoms with Gasteiger partial charge in [-0.1, -0.05) is 6.07 Å². The first-order valence-corrected chi connectivity index (χ1v) is 3.70. The summed E-state index contributed by atoms with van der Waals surface area (Å²) >= 11 is 0. The van der Waals surface area contributed by atoms with Crippen molar-refractivity contribution in [3.63, 3.8) is 0 Å². The van der Waals surface area contributed by atoms with Crippen molar-refractivity contribution in [2.75, 3.05) is 7.11 Å². The summed E-state index contributed by atoms with van der Waals surface area (Å²) in [6, 6.07) is 7.73. The molecule has 0 fully saturated rings. The van der Waals surface area contributed by atoms with Crippen molar-refractivity contribution in [1.82, 2.24) is 4.98 Å². The van der Waals surface area contributed by atoms with Crippen LogP contribution in [0.3, 0.4) is 0 Å². The summed E-state index contributed by atoms with van der Waals surface area (Å²) in [6.45, 7) is 0. The van der Waals surface area contributed by atoms with E-state index in [1.165, 1.54) is 0 Å². The third-order valence-corrected chi connectivity index (χ3v) is 1.79. The minimum Gasteiger partial charge on any atom is -0.497 e. The van der Waals surface area contributed by atoms with Crippen molar-refractivity contribution in [3.05, 3.63) is 36.7 Å². The van der Waals surface area contributed by atoms with Crippen molar-refractivity contribution >= 4 is 10.8 Å². The zero-order chi connectivity index (χ0) is 8.39. The van der Waals surface area contributed by atoms with Gasteiger partial charge in [0.1, 0.15) is 5.75 Å². The van der Waals surface area contributed by atoms with E-state index in [0.29, 0.717) is 0 Å². The molecule has 0 aliphatic carbocycles. The van der Waals surface area contributed by atoms with Crippen molar-refractivity contribution < 1.29 is 4.74 Å². The molecule has 1 radical (unpaired) electrons. The molecular formula is C10H8NO. The Morgan fingerprint density at radius 2 is 2.25 bits per heavy atom. The Morgan fingerprint density at radius 1 is 1.33 bits per heavy atom. The number of hydrogen-bond donors (Lipinski definition) is 0. The monoisotopic (exact) mass is 158 g/mol. The molecule has 2 heteroatoms. The van der Waals surface area contributed by atoms with Gasteiger partial charge in [-0.2, -0.15) is 0 Å². The lowest BCUT2D eigenvalue weighted by atomic mass is 10.2. The number of fused-ring (bicyclic) bond motifs is 1. The molecule has 2 aromatic rings. The first-order valence-electron chi connectivity index (χ1n) is 3.70. The highest BCUT2D eigenvalue weighted by Gasteiger charge is 1.94. The Kier molecular flexibility index (Phi) is 1.67. The molecule has 59 valence electrons. The van der Waals surface area contributed by atoms with E-state index in [0.717, 1.165) is 16.5 Å². The molecule has 0 saturated heterocycles. The molecule has 2 nitrogen and oxygen atoms in total. The zero-order valence-corrected chi connectivity index (χ0v) is 6.74. The van der Waals surface area contributed by atoms with E-state index in [1.54, 1.807) is 13.3 Å². The fourth-order valence-electron chi connectivity index (χ4n) is 1.14. The summed E-state index contributed by atoms with van der Waals surface area (Å²) in [6.07, 6.45) is 4.56. The van der Waals surface area contributed by atoms with Crippen LogP contribution in [0.4, 0.5) is 0 Å². The summed E-state index contributed by atoms with van der Waals surface area (Å²) in [5.74, 6) is 0.857. The van der Waals surface area contributed by atoms with Crippen LogP contribution < -0.4 is 4.74 Å².